The van der Waals surface area contributed by atoms with Crippen molar-refractivity contribution in [3.63, 3.8) is 0 Å². The van der Waals surface area contributed by atoms with Crippen LogP contribution in [0.25, 0.3) is 0 Å². The minimum absolute atomic E-state index is 0.0115. The van der Waals surface area contributed by atoms with Crippen molar-refractivity contribution in [3.05, 3.63) is 48.5 Å². The highest BCUT2D eigenvalue weighted by molar-refractivity contribution is 8.00. The van der Waals surface area contributed by atoms with Gasteiger partial charge in [0.05, 0.1) is 26.4 Å². The number of benzene rings is 2. The molecule has 4 aliphatic heterocycles. The van der Waals surface area contributed by atoms with Gasteiger partial charge < -0.3 is 39.1 Å². The Kier molecular flexibility index (Phi) is 34.7. The second kappa shape index (κ2) is 39.7. The first-order valence-electron chi connectivity index (χ1n) is 29.0. The van der Waals surface area contributed by atoms with Gasteiger partial charge in [0.15, 0.2) is 24.8 Å². The molecule has 0 radical (unpaired) electrons. The molecule has 2 aromatic rings. The Balaban J connectivity index is 1.32. The fraction of sp³-hybridized carbons (Fsp3) is 0.632. The largest absolute Gasteiger partial charge is 0.397 e. The summed E-state index contributed by atoms with van der Waals surface area (Å²) in [6.45, 7) is -7.79. The summed E-state index contributed by atoms with van der Waals surface area (Å²) in [5.74, 6) is -3.29. The molecule has 2 aromatic carbocycles. The fourth-order valence-electron chi connectivity index (χ4n) is 10.1. The molecule has 4 fully saturated rings. The number of carbonyl (C=O) groups excluding carboxylic acids is 2. The van der Waals surface area contributed by atoms with Crippen LogP contribution in [0.3, 0.4) is 0 Å². The molecule has 66 nitrogen and oxygen atoms in total. The van der Waals surface area contributed by atoms with E-state index in [1.165, 1.54) is 0 Å². The van der Waals surface area contributed by atoms with Crippen LogP contribution in [-0.2, 0) is 242 Å². The molecule has 16 N–H and O–H groups in total. The topological polar surface area (TPSA) is 1000 Å². The molecule has 0 aromatic heterocycles. The van der Waals surface area contributed by atoms with Gasteiger partial charge in [0, 0.05) is 21.2 Å². The zero-order valence-corrected chi connectivity index (χ0v) is 69.3. The number of anilines is 2. The number of hydrogen-bond acceptors (Lipinski definition) is 52. The Morgan fingerprint density at radius 1 is 0.258 bits per heavy atom. The monoisotopic (exact) mass is 2070 g/mol. The van der Waals surface area contributed by atoms with Crippen molar-refractivity contribution < 1.29 is 278 Å². The normalized spacial score (nSPS) is 29.0. The highest BCUT2D eigenvalue weighted by atomic mass is 32.3. The minimum atomic E-state index is -6.33. The standard InChI is InChI=1S/C38H52N2O64S16/c41-33(39-13-1-5-15(6-2-13)105-37-31(103-119(79,80)81)25(97-113(61,62)63)21(17(91-37)9-85-107(43,44)45)93-35-29(101-117(73,74)75)27(99-115(67,68)69)23(95-111(55,56)57)19(89-35)11-87-109(49,50)51)34(42)40-14-3-7-16(8-4-14)106-38-32(104-120(82,83)84)26(98-114(64,65)66)22(18(92-38)10-86-108(46,47)48)94-36-30(102-118(76,77)78)28(100-116(70,71)72)24(96-112(58,59)60)20(90-36)12-88-110(52,53)54/h1-8,17-32,35-38H,9-12H2,(H,39,41)(H,40,42)(H,43,44,45)(H,46,47,48)(H,49,50,51)(H,52,53,54)(H,55,56,57)(H,58,59,60)(H,61,62,63)(H,64,65,66)(H,67,68,69)(H,70,71,72)(H,73,74,75)(H,76,77,78)(H,79,80,81)(H,82,83,84)/t17-,18-,19-,20-,21-,22-,23-,24-,25+,26+,27+,28+,29-,30-,31-,32-,35+,36+,37+,38+/m1/s1. The van der Waals surface area contributed by atoms with Crippen molar-refractivity contribution >= 4 is 192 Å². The van der Waals surface area contributed by atoms with Gasteiger partial charge in [-0.2, -0.15) is 118 Å². The number of nitrogens with one attached hydrogen (secondary N) is 2. The van der Waals surface area contributed by atoms with Gasteiger partial charge in [0.25, 0.3) is 0 Å². The molecule has 694 valence electrons. The summed E-state index contributed by atoms with van der Waals surface area (Å²) in [5, 5.41) is 4.03. The third kappa shape index (κ3) is 37.1. The van der Waals surface area contributed by atoms with Crippen molar-refractivity contribution in [1.82, 2.24) is 0 Å². The highest BCUT2D eigenvalue weighted by Crippen LogP contribution is 2.44. The molecule has 0 saturated carbocycles. The molecule has 0 spiro atoms. The Bertz CT molecular complexity index is 5370. The Hall–Kier alpha value is -3.98. The zero-order chi connectivity index (χ0) is 91.5. The van der Waals surface area contributed by atoms with Crippen LogP contribution < -0.4 is 10.6 Å². The van der Waals surface area contributed by atoms with Gasteiger partial charge in [-0.15, -0.1) is 0 Å². The van der Waals surface area contributed by atoms with E-state index >= 15 is 0 Å². The van der Waals surface area contributed by atoms with E-state index in [2.05, 4.69) is 58.6 Å². The van der Waals surface area contributed by atoms with E-state index in [9.17, 15) is 191 Å². The summed E-state index contributed by atoms with van der Waals surface area (Å²) in [6.07, 6.45) is -57.5. The average molecular weight is 2070 g/mol. The number of hydrogen-bond donors (Lipinski definition) is 16. The van der Waals surface area contributed by atoms with Crippen LogP contribution in [0.1, 0.15) is 0 Å². The molecule has 120 heavy (non-hydrogen) atoms. The van der Waals surface area contributed by atoms with E-state index in [4.69, 9.17) is 28.4 Å². The number of thioether (sulfide) groups is 2. The summed E-state index contributed by atoms with van der Waals surface area (Å²) in [6, 6.07) is 6.75. The molecule has 4 heterocycles. The molecule has 4 aliphatic rings. The summed E-state index contributed by atoms with van der Waals surface area (Å²) in [4.78, 5) is 25.8. The van der Waals surface area contributed by atoms with Crippen LogP contribution in [-0.4, -0.2) is 341 Å². The minimum Gasteiger partial charge on any atom is -0.356 e. The molecule has 0 unspecified atom stereocenters. The SMILES string of the molecule is O=C(Nc1ccc(S[C@@H]2O[C@H](COS(=O)(=O)O)[C@@H](O[C@@H]3O[C@H](COS(=O)(=O)O)[C@@H](OS(=O)(=O)O)[C@H](OS(=O)(=O)O)[C@H]3OS(=O)(=O)O)[C@H](OS(=O)(=O)O)[C@H]2OS(=O)(=O)O)cc1)C(=O)Nc1ccc(S[C@@H]2O[C@H](COS(=O)(=O)O)[C@@H](O[C@@H]3O[C@H](COS(=O)(=O)O)[C@@H](OS(=O)(=O)O)[C@H](OS(=O)(=O)O)[C@H]3OS(=O)(=O)O)[C@H](OS(=O)(=O)O)[C@H]2OS(=O)(=O)O)cc1. The first-order chi connectivity index (χ1) is 53.9. The Morgan fingerprint density at radius 3 is 0.667 bits per heavy atom. The van der Waals surface area contributed by atoms with E-state index in [0.717, 1.165) is 48.5 Å². The Labute approximate surface area is 682 Å². The third-order valence-corrected chi connectivity index (χ3v) is 22.4. The molecule has 82 heteroatoms. The lowest BCUT2D eigenvalue weighted by molar-refractivity contribution is -0.325. The van der Waals surface area contributed by atoms with E-state index < -0.39 is 326 Å². The molecular formula is C38H52N2O64S16. The third-order valence-electron chi connectivity index (χ3n) is 13.7. The quantitative estimate of drug-likeness (QED) is 0.0217. The molecule has 6 rings (SSSR count). The zero-order valence-electron chi connectivity index (χ0n) is 56.2. The number of carbonyl (C=O) groups is 2. The lowest BCUT2D eigenvalue weighted by atomic mass is 9.97. The molecule has 0 bridgehead atoms. The molecular weight excluding hydrogens is 2020 g/mol. The van der Waals surface area contributed by atoms with Gasteiger partial charge in [-0.05, 0) is 48.5 Å². The smallest absolute Gasteiger partial charge is 0.356 e. The van der Waals surface area contributed by atoms with Crippen molar-refractivity contribution in [3.8, 4) is 0 Å². The van der Waals surface area contributed by atoms with Gasteiger partial charge in [0.1, 0.15) is 96.3 Å². The van der Waals surface area contributed by atoms with Crippen LogP contribution in [0.15, 0.2) is 58.3 Å². The summed E-state index contributed by atoms with van der Waals surface area (Å²) >= 11 is 0.0229. The summed E-state index contributed by atoms with van der Waals surface area (Å²) < 4.78 is 568. The lowest BCUT2D eigenvalue weighted by Crippen LogP contribution is -2.66. The predicted octanol–water partition coefficient (Wildman–Crippen LogP) is -8.72. The predicted molar refractivity (Wildman–Crippen MR) is 360 cm³/mol. The molecule has 0 aliphatic carbocycles. The van der Waals surface area contributed by atoms with Gasteiger partial charge in [-0.25, -0.2) is 58.6 Å². The number of amides is 2. The van der Waals surface area contributed by atoms with Gasteiger partial charge in [0.2, 0.25) is 0 Å². The second-order valence-corrected chi connectivity index (χ2v) is 39.5. The van der Waals surface area contributed by atoms with Crippen LogP contribution in [0.4, 0.5) is 11.4 Å². The van der Waals surface area contributed by atoms with Gasteiger partial charge in [-0.1, -0.05) is 23.5 Å². The van der Waals surface area contributed by atoms with E-state index in [1.807, 2.05) is 10.6 Å². The van der Waals surface area contributed by atoms with Crippen molar-refractivity contribution in [2.24, 2.45) is 0 Å². The fourth-order valence-corrected chi connectivity index (χ4v) is 18.6. The summed E-state index contributed by atoms with van der Waals surface area (Å²) in [5.41, 5.74) is -5.94. The first-order valence-corrected chi connectivity index (χ1v) is 49.9. The van der Waals surface area contributed by atoms with Crippen molar-refractivity contribution in [2.75, 3.05) is 37.1 Å². The van der Waals surface area contributed by atoms with E-state index in [-0.39, 0.29) is 23.5 Å². The molecule has 20 atom stereocenters. The van der Waals surface area contributed by atoms with E-state index in [0.29, 0.717) is 0 Å². The van der Waals surface area contributed by atoms with Crippen LogP contribution in [0.2, 0.25) is 0 Å². The molecule has 2 amide bonds. The van der Waals surface area contributed by atoms with Gasteiger partial charge >= 0.3 is 157 Å². The first kappa shape index (κ1) is 105. The van der Waals surface area contributed by atoms with Gasteiger partial charge in [-0.3, -0.25) is 73.3 Å². The maximum atomic E-state index is 13.3. The number of ether oxygens (including phenoxy) is 6. The average Bonchev–Trinajstić information content (AvgIpc) is 0.757. The lowest BCUT2D eigenvalue weighted by Gasteiger charge is -2.48. The molecule has 4 saturated heterocycles. The van der Waals surface area contributed by atoms with Crippen molar-refractivity contribution in [1.29, 1.82) is 0 Å². The number of rotatable bonds is 42. The van der Waals surface area contributed by atoms with Crippen LogP contribution >= 0.6 is 23.5 Å². The van der Waals surface area contributed by atoms with Crippen LogP contribution in [0.5, 0.6) is 0 Å². The van der Waals surface area contributed by atoms with E-state index in [1.54, 1.807) is 0 Å². The maximum absolute atomic E-state index is 13.3. The highest BCUT2D eigenvalue weighted by Gasteiger charge is 2.62. The van der Waals surface area contributed by atoms with Crippen molar-refractivity contribution in [2.45, 2.75) is 131 Å². The maximum Gasteiger partial charge on any atom is 0.397 e. The van der Waals surface area contributed by atoms with Crippen LogP contribution in [0, 0.1) is 0 Å². The Morgan fingerprint density at radius 2 is 0.450 bits per heavy atom. The second-order valence-electron chi connectivity index (χ2n) is 22.3. The summed E-state index contributed by atoms with van der Waals surface area (Å²) in [7, 11) is -86.0.